The van der Waals surface area contributed by atoms with Gasteiger partial charge in [-0.05, 0) is 18.2 Å². The number of hydrogen-bond donors (Lipinski definition) is 1. The number of rotatable bonds is 2. The molecular formula is C12H13N5. The second kappa shape index (κ2) is 3.62. The van der Waals surface area contributed by atoms with Crippen molar-refractivity contribution in [2.45, 2.75) is 6.54 Å². The van der Waals surface area contributed by atoms with Crippen LogP contribution >= 0.6 is 0 Å². The highest BCUT2D eigenvalue weighted by atomic mass is 15.3. The van der Waals surface area contributed by atoms with E-state index in [4.69, 9.17) is 5.73 Å². The Morgan fingerprint density at radius 3 is 2.88 bits per heavy atom. The number of fused-ring (bicyclic) bond motifs is 1. The van der Waals surface area contributed by atoms with E-state index in [1.807, 2.05) is 48.5 Å². The maximum Gasteiger partial charge on any atom is 0.0706 e. The van der Waals surface area contributed by atoms with Crippen molar-refractivity contribution in [3.05, 3.63) is 42.4 Å². The minimum atomic E-state index is 0.709. The smallest absolute Gasteiger partial charge is 0.0706 e. The summed E-state index contributed by atoms with van der Waals surface area (Å²) in [6, 6.07) is 5.81. The van der Waals surface area contributed by atoms with Crippen molar-refractivity contribution >= 4 is 16.6 Å². The summed E-state index contributed by atoms with van der Waals surface area (Å²) in [5.74, 6) is 0. The molecule has 1 aromatic carbocycles. The lowest BCUT2D eigenvalue weighted by Crippen LogP contribution is -2.00. The van der Waals surface area contributed by atoms with Gasteiger partial charge < -0.3 is 5.73 Å². The third kappa shape index (κ3) is 1.75. The van der Waals surface area contributed by atoms with E-state index >= 15 is 0 Å². The van der Waals surface area contributed by atoms with Crippen LogP contribution in [0.15, 0.2) is 36.8 Å². The molecule has 0 amide bonds. The fourth-order valence-electron chi connectivity index (χ4n) is 1.94. The number of benzene rings is 1. The Bertz CT molecular complexity index is 664. The second-order valence-corrected chi connectivity index (χ2v) is 4.14. The summed E-state index contributed by atoms with van der Waals surface area (Å²) in [7, 11) is 1.91. The van der Waals surface area contributed by atoms with Crippen LogP contribution in [-0.2, 0) is 13.6 Å². The van der Waals surface area contributed by atoms with Gasteiger partial charge >= 0.3 is 0 Å². The van der Waals surface area contributed by atoms with Crippen molar-refractivity contribution in [3.63, 3.8) is 0 Å². The fraction of sp³-hybridized carbons (Fsp3) is 0.167. The van der Waals surface area contributed by atoms with Gasteiger partial charge in [-0.25, -0.2) is 0 Å². The molecule has 0 spiro atoms. The molecule has 0 aliphatic rings. The van der Waals surface area contributed by atoms with Gasteiger partial charge in [0.1, 0.15) is 0 Å². The van der Waals surface area contributed by atoms with Crippen molar-refractivity contribution < 1.29 is 0 Å². The third-order valence-electron chi connectivity index (χ3n) is 2.76. The number of hydrogen-bond acceptors (Lipinski definition) is 3. The van der Waals surface area contributed by atoms with Crippen LogP contribution in [0.25, 0.3) is 10.9 Å². The van der Waals surface area contributed by atoms with E-state index in [0.717, 1.165) is 22.2 Å². The van der Waals surface area contributed by atoms with Gasteiger partial charge in [0.25, 0.3) is 0 Å². The SMILES string of the molecule is Cn1cc(Cn2ncc3ccc(N)cc32)cn1. The van der Waals surface area contributed by atoms with Crippen molar-refractivity contribution in [3.8, 4) is 0 Å². The highest BCUT2D eigenvalue weighted by Gasteiger charge is 2.04. The number of anilines is 1. The molecule has 2 N–H and O–H groups in total. The first-order valence-corrected chi connectivity index (χ1v) is 5.41. The molecular weight excluding hydrogens is 214 g/mol. The van der Waals surface area contributed by atoms with Gasteiger partial charge in [0.05, 0.1) is 24.5 Å². The van der Waals surface area contributed by atoms with E-state index in [0.29, 0.717) is 6.54 Å². The van der Waals surface area contributed by atoms with Gasteiger partial charge in [0.15, 0.2) is 0 Å². The predicted octanol–water partition coefficient (Wildman–Crippen LogP) is 1.40. The first-order chi connectivity index (χ1) is 8.22. The maximum absolute atomic E-state index is 5.79. The topological polar surface area (TPSA) is 61.7 Å². The maximum atomic E-state index is 5.79. The lowest BCUT2D eigenvalue weighted by molar-refractivity contribution is 0.710. The molecule has 86 valence electrons. The van der Waals surface area contributed by atoms with Gasteiger partial charge in [-0.3, -0.25) is 9.36 Å². The minimum absolute atomic E-state index is 0.709. The fourth-order valence-corrected chi connectivity index (χ4v) is 1.94. The van der Waals surface area contributed by atoms with Crippen LogP contribution in [-0.4, -0.2) is 19.6 Å². The summed E-state index contributed by atoms with van der Waals surface area (Å²) in [4.78, 5) is 0. The highest BCUT2D eigenvalue weighted by molar-refractivity contribution is 5.81. The summed E-state index contributed by atoms with van der Waals surface area (Å²) >= 11 is 0. The highest BCUT2D eigenvalue weighted by Crippen LogP contribution is 2.17. The van der Waals surface area contributed by atoms with Crippen LogP contribution < -0.4 is 5.73 Å². The van der Waals surface area contributed by atoms with Crippen LogP contribution in [0.3, 0.4) is 0 Å². The van der Waals surface area contributed by atoms with Crippen molar-refractivity contribution in [2.75, 3.05) is 5.73 Å². The van der Waals surface area contributed by atoms with Gasteiger partial charge in [-0.15, -0.1) is 0 Å². The quantitative estimate of drug-likeness (QED) is 0.673. The molecule has 0 saturated carbocycles. The zero-order valence-corrected chi connectivity index (χ0v) is 9.54. The number of aryl methyl sites for hydroxylation is 1. The second-order valence-electron chi connectivity index (χ2n) is 4.14. The average Bonchev–Trinajstić information content (AvgIpc) is 2.87. The summed E-state index contributed by atoms with van der Waals surface area (Å²) in [6.07, 6.45) is 5.69. The molecule has 5 nitrogen and oxygen atoms in total. The molecule has 3 rings (SSSR count). The van der Waals surface area contributed by atoms with Crippen molar-refractivity contribution in [1.29, 1.82) is 0 Å². The Morgan fingerprint density at radius 1 is 1.24 bits per heavy atom. The molecule has 0 atom stereocenters. The molecule has 2 heterocycles. The largest absolute Gasteiger partial charge is 0.399 e. The van der Waals surface area contributed by atoms with E-state index in [1.54, 1.807) is 4.68 Å². The van der Waals surface area contributed by atoms with Crippen LogP contribution in [0.2, 0.25) is 0 Å². The predicted molar refractivity (Wildman–Crippen MR) is 66.5 cm³/mol. The first-order valence-electron chi connectivity index (χ1n) is 5.41. The van der Waals surface area contributed by atoms with E-state index in [9.17, 15) is 0 Å². The van der Waals surface area contributed by atoms with Crippen molar-refractivity contribution in [2.24, 2.45) is 7.05 Å². The molecule has 0 radical (unpaired) electrons. The number of aromatic nitrogens is 4. The van der Waals surface area contributed by atoms with Gasteiger partial charge in [-0.1, -0.05) is 0 Å². The van der Waals surface area contributed by atoms with Crippen LogP contribution in [0.4, 0.5) is 5.69 Å². The summed E-state index contributed by atoms with van der Waals surface area (Å²) in [5.41, 5.74) is 8.72. The summed E-state index contributed by atoms with van der Waals surface area (Å²) in [6.45, 7) is 0.709. The standard InChI is InChI=1S/C12H13N5/c1-16-7-9(5-14-16)8-17-12-4-11(13)3-2-10(12)6-15-17/h2-7H,8,13H2,1H3. The Kier molecular flexibility index (Phi) is 2.11. The van der Waals surface area contributed by atoms with Crippen molar-refractivity contribution in [1.82, 2.24) is 19.6 Å². The monoisotopic (exact) mass is 227 g/mol. The molecule has 0 saturated heterocycles. The van der Waals surface area contributed by atoms with E-state index in [2.05, 4.69) is 10.2 Å². The number of nitrogen functional groups attached to an aromatic ring is 1. The molecule has 0 aliphatic heterocycles. The molecule has 0 unspecified atom stereocenters. The lowest BCUT2D eigenvalue weighted by Gasteiger charge is -2.01. The first kappa shape index (κ1) is 9.89. The van der Waals surface area contributed by atoms with Gasteiger partial charge in [-0.2, -0.15) is 10.2 Å². The Balaban J connectivity index is 2.03. The number of nitrogens with two attached hydrogens (primary N) is 1. The Morgan fingerprint density at radius 2 is 2.12 bits per heavy atom. The van der Waals surface area contributed by atoms with Crippen LogP contribution in [0.5, 0.6) is 0 Å². The summed E-state index contributed by atoms with van der Waals surface area (Å²) < 4.78 is 3.72. The molecule has 5 heteroatoms. The molecule has 0 aliphatic carbocycles. The lowest BCUT2D eigenvalue weighted by atomic mass is 10.2. The molecule has 0 bridgehead atoms. The third-order valence-corrected chi connectivity index (χ3v) is 2.76. The normalized spacial score (nSPS) is 11.1. The van der Waals surface area contributed by atoms with Gasteiger partial charge in [0.2, 0.25) is 0 Å². The Hall–Kier alpha value is -2.30. The molecule has 17 heavy (non-hydrogen) atoms. The minimum Gasteiger partial charge on any atom is -0.399 e. The van der Waals surface area contributed by atoms with E-state index in [-0.39, 0.29) is 0 Å². The van der Waals surface area contributed by atoms with Crippen LogP contribution in [0.1, 0.15) is 5.56 Å². The average molecular weight is 227 g/mol. The summed E-state index contributed by atoms with van der Waals surface area (Å²) in [5, 5.41) is 9.61. The van der Waals surface area contributed by atoms with Crippen LogP contribution in [0, 0.1) is 0 Å². The van der Waals surface area contributed by atoms with E-state index < -0.39 is 0 Å². The molecule has 3 aromatic rings. The van der Waals surface area contributed by atoms with E-state index in [1.165, 1.54) is 0 Å². The zero-order valence-electron chi connectivity index (χ0n) is 9.54. The Labute approximate surface area is 98.5 Å². The van der Waals surface area contributed by atoms with Gasteiger partial charge in [0, 0.05) is 29.9 Å². The molecule has 2 aromatic heterocycles. The number of nitrogens with zero attached hydrogens (tertiary/aromatic N) is 4. The molecule has 0 fully saturated rings. The zero-order chi connectivity index (χ0) is 11.8.